The van der Waals surface area contributed by atoms with Crippen LogP contribution in [0.5, 0.6) is 0 Å². The van der Waals surface area contributed by atoms with E-state index in [-0.39, 0.29) is 11.0 Å². The van der Waals surface area contributed by atoms with Gasteiger partial charge in [0, 0.05) is 22.9 Å². The van der Waals surface area contributed by atoms with Gasteiger partial charge in [-0.3, -0.25) is 0 Å². The van der Waals surface area contributed by atoms with Crippen molar-refractivity contribution in [3.63, 3.8) is 0 Å². The molecule has 1 aromatic heterocycles. The first-order chi connectivity index (χ1) is 11.1. The van der Waals surface area contributed by atoms with Gasteiger partial charge in [-0.05, 0) is 51.3 Å². The van der Waals surface area contributed by atoms with Crippen molar-refractivity contribution in [2.24, 2.45) is 0 Å². The minimum absolute atomic E-state index is 0.0518. The van der Waals surface area contributed by atoms with Crippen LogP contribution in [0.3, 0.4) is 0 Å². The SMILES string of the molecule is Cc1ccccc1N1c2ncccc2C2(CCCCC2)C1(C)C. The zero-order chi connectivity index (χ0) is 16.1. The van der Waals surface area contributed by atoms with Gasteiger partial charge in [-0.15, -0.1) is 0 Å². The number of aromatic nitrogens is 1. The molecule has 23 heavy (non-hydrogen) atoms. The molecular formula is C21H26N2. The maximum absolute atomic E-state index is 4.83. The molecule has 0 bridgehead atoms. The number of aryl methyl sites for hydroxylation is 1. The summed E-state index contributed by atoms with van der Waals surface area (Å²) in [5.41, 5.74) is 4.38. The number of nitrogens with zero attached hydrogens (tertiary/aromatic N) is 2. The molecule has 1 aliphatic carbocycles. The highest BCUT2D eigenvalue weighted by Crippen LogP contribution is 2.59. The van der Waals surface area contributed by atoms with Gasteiger partial charge in [0.05, 0.1) is 5.54 Å². The van der Waals surface area contributed by atoms with Gasteiger partial charge in [-0.2, -0.15) is 0 Å². The number of anilines is 2. The maximum atomic E-state index is 4.83. The molecule has 1 spiro atoms. The normalized spacial score (nSPS) is 21.4. The van der Waals surface area contributed by atoms with E-state index in [0.29, 0.717) is 0 Å². The summed E-state index contributed by atoms with van der Waals surface area (Å²) in [6, 6.07) is 13.2. The van der Waals surface area contributed by atoms with Crippen LogP contribution in [-0.4, -0.2) is 10.5 Å². The Bertz CT molecular complexity index is 726. The summed E-state index contributed by atoms with van der Waals surface area (Å²) in [7, 11) is 0. The van der Waals surface area contributed by atoms with Gasteiger partial charge < -0.3 is 4.90 Å². The average Bonchev–Trinajstić information content (AvgIpc) is 2.74. The Balaban J connectivity index is 1.96. The fourth-order valence-electron chi connectivity index (χ4n) is 5.02. The molecule has 0 amide bonds. The highest BCUT2D eigenvalue weighted by molar-refractivity contribution is 5.75. The van der Waals surface area contributed by atoms with Crippen molar-refractivity contribution in [2.75, 3.05) is 4.90 Å². The third-order valence-corrected chi connectivity index (χ3v) is 6.31. The first-order valence-electron chi connectivity index (χ1n) is 8.89. The van der Waals surface area contributed by atoms with Crippen molar-refractivity contribution >= 4 is 11.5 Å². The van der Waals surface area contributed by atoms with E-state index in [2.05, 4.69) is 62.1 Å². The largest absolute Gasteiger partial charge is 0.319 e. The Kier molecular flexibility index (Phi) is 3.26. The second kappa shape index (κ2) is 5.09. The monoisotopic (exact) mass is 306 g/mol. The van der Waals surface area contributed by atoms with E-state index in [4.69, 9.17) is 4.98 Å². The molecule has 0 atom stereocenters. The van der Waals surface area contributed by atoms with Crippen LogP contribution in [0.1, 0.15) is 57.1 Å². The van der Waals surface area contributed by atoms with Gasteiger partial charge in [0.2, 0.25) is 0 Å². The Morgan fingerprint density at radius 3 is 2.43 bits per heavy atom. The zero-order valence-corrected chi connectivity index (χ0v) is 14.5. The molecule has 0 saturated heterocycles. The number of benzene rings is 1. The summed E-state index contributed by atoms with van der Waals surface area (Å²) in [5, 5.41) is 0. The van der Waals surface area contributed by atoms with E-state index in [1.807, 2.05) is 6.20 Å². The third-order valence-electron chi connectivity index (χ3n) is 6.31. The molecule has 1 aliphatic heterocycles. The molecule has 1 saturated carbocycles. The van der Waals surface area contributed by atoms with Crippen LogP contribution in [0, 0.1) is 6.92 Å². The lowest BCUT2D eigenvalue weighted by Gasteiger charge is -2.48. The summed E-state index contributed by atoms with van der Waals surface area (Å²) in [6.45, 7) is 7.05. The van der Waals surface area contributed by atoms with Gasteiger partial charge in [-0.25, -0.2) is 4.98 Å². The number of fused-ring (bicyclic) bond motifs is 2. The summed E-state index contributed by atoms with van der Waals surface area (Å²) >= 11 is 0. The van der Waals surface area contributed by atoms with E-state index in [9.17, 15) is 0 Å². The van der Waals surface area contributed by atoms with Crippen LogP contribution in [0.15, 0.2) is 42.6 Å². The first-order valence-corrected chi connectivity index (χ1v) is 8.89. The topological polar surface area (TPSA) is 16.1 Å². The lowest BCUT2D eigenvalue weighted by Crippen LogP contribution is -2.53. The van der Waals surface area contributed by atoms with E-state index in [1.54, 1.807) is 0 Å². The summed E-state index contributed by atoms with van der Waals surface area (Å²) in [6.07, 6.45) is 8.54. The molecule has 0 radical (unpaired) electrons. The first kappa shape index (κ1) is 14.7. The number of pyridine rings is 1. The van der Waals surface area contributed by atoms with E-state index in [0.717, 1.165) is 0 Å². The minimum Gasteiger partial charge on any atom is -0.319 e. The summed E-state index contributed by atoms with van der Waals surface area (Å²) < 4.78 is 0. The fraction of sp³-hybridized carbons (Fsp3) is 0.476. The van der Waals surface area contributed by atoms with E-state index >= 15 is 0 Å². The average molecular weight is 306 g/mol. The van der Waals surface area contributed by atoms with Gasteiger partial charge in [0.15, 0.2) is 0 Å². The van der Waals surface area contributed by atoms with Crippen LogP contribution >= 0.6 is 0 Å². The molecule has 1 aromatic carbocycles. The second-order valence-corrected chi connectivity index (χ2v) is 7.70. The number of hydrogen-bond donors (Lipinski definition) is 0. The van der Waals surface area contributed by atoms with Crippen molar-refractivity contribution in [1.29, 1.82) is 0 Å². The van der Waals surface area contributed by atoms with Crippen molar-refractivity contribution < 1.29 is 0 Å². The van der Waals surface area contributed by atoms with Crippen LogP contribution in [0.4, 0.5) is 11.5 Å². The lowest BCUT2D eigenvalue weighted by atomic mass is 9.61. The van der Waals surface area contributed by atoms with E-state index in [1.165, 1.54) is 54.7 Å². The van der Waals surface area contributed by atoms with Gasteiger partial charge >= 0.3 is 0 Å². The second-order valence-electron chi connectivity index (χ2n) is 7.70. The van der Waals surface area contributed by atoms with Crippen LogP contribution in [0.2, 0.25) is 0 Å². The molecule has 2 nitrogen and oxygen atoms in total. The maximum Gasteiger partial charge on any atom is 0.137 e. The smallest absolute Gasteiger partial charge is 0.137 e. The number of rotatable bonds is 1. The lowest BCUT2D eigenvalue weighted by molar-refractivity contribution is 0.199. The summed E-state index contributed by atoms with van der Waals surface area (Å²) in [4.78, 5) is 7.35. The Morgan fingerprint density at radius 2 is 1.70 bits per heavy atom. The highest BCUT2D eigenvalue weighted by Gasteiger charge is 2.57. The quantitative estimate of drug-likeness (QED) is 0.689. The molecule has 0 N–H and O–H groups in total. The minimum atomic E-state index is 0.0518. The molecule has 2 heteroatoms. The molecule has 4 rings (SSSR count). The number of hydrogen-bond acceptors (Lipinski definition) is 2. The number of para-hydroxylation sites is 1. The molecular weight excluding hydrogens is 280 g/mol. The van der Waals surface area contributed by atoms with E-state index < -0.39 is 0 Å². The molecule has 2 aromatic rings. The highest BCUT2D eigenvalue weighted by atomic mass is 15.3. The molecule has 2 aliphatic rings. The van der Waals surface area contributed by atoms with Crippen molar-refractivity contribution in [1.82, 2.24) is 4.98 Å². The fourth-order valence-corrected chi connectivity index (χ4v) is 5.02. The van der Waals surface area contributed by atoms with Crippen LogP contribution in [0.25, 0.3) is 0 Å². The van der Waals surface area contributed by atoms with Crippen molar-refractivity contribution in [3.05, 3.63) is 53.7 Å². The predicted octanol–water partition coefficient (Wildman–Crippen LogP) is 5.52. The van der Waals surface area contributed by atoms with Crippen LogP contribution < -0.4 is 4.90 Å². The van der Waals surface area contributed by atoms with Gasteiger partial charge in [0.1, 0.15) is 5.82 Å². The zero-order valence-electron chi connectivity index (χ0n) is 14.5. The van der Waals surface area contributed by atoms with Gasteiger partial charge in [0.25, 0.3) is 0 Å². The summed E-state index contributed by atoms with van der Waals surface area (Å²) in [5.74, 6) is 1.17. The molecule has 0 unspecified atom stereocenters. The van der Waals surface area contributed by atoms with Crippen molar-refractivity contribution in [3.8, 4) is 0 Å². The molecule has 1 fully saturated rings. The van der Waals surface area contributed by atoms with Gasteiger partial charge in [-0.1, -0.05) is 43.5 Å². The standard InChI is InChI=1S/C21H26N2/c1-16-10-5-6-12-18(16)23-19-17(11-9-15-22-19)21(20(23,2)3)13-7-4-8-14-21/h5-6,9-12,15H,4,7-8,13-14H2,1-3H3. The Hall–Kier alpha value is -1.83. The third kappa shape index (κ3) is 1.90. The Labute approximate surface area is 139 Å². The predicted molar refractivity (Wildman–Crippen MR) is 96.4 cm³/mol. The van der Waals surface area contributed by atoms with Crippen LogP contribution in [-0.2, 0) is 5.41 Å². The molecule has 120 valence electrons. The van der Waals surface area contributed by atoms with Crippen molar-refractivity contribution in [2.45, 2.75) is 63.8 Å². The molecule has 2 heterocycles. The Morgan fingerprint density at radius 1 is 0.957 bits per heavy atom.